The highest BCUT2D eigenvalue weighted by Gasteiger charge is 2.34. The minimum absolute atomic E-state index is 0.0615. The third-order valence-electron chi connectivity index (χ3n) is 4.33. The van der Waals surface area contributed by atoms with Crippen molar-refractivity contribution in [3.8, 4) is 0 Å². The molecule has 0 bridgehead atoms. The summed E-state index contributed by atoms with van der Waals surface area (Å²) in [5.41, 5.74) is 1.13. The highest BCUT2D eigenvalue weighted by molar-refractivity contribution is 6.30. The molecule has 1 saturated heterocycles. The van der Waals surface area contributed by atoms with E-state index in [1.54, 1.807) is 6.20 Å². The first-order chi connectivity index (χ1) is 10.7. The van der Waals surface area contributed by atoms with Gasteiger partial charge in [-0.1, -0.05) is 23.7 Å². The molecule has 1 aliphatic heterocycles. The van der Waals surface area contributed by atoms with E-state index >= 15 is 0 Å². The smallest absolute Gasteiger partial charge is 0.317 e. The predicted octanol–water partition coefficient (Wildman–Crippen LogP) is 3.85. The van der Waals surface area contributed by atoms with Gasteiger partial charge in [-0.05, 0) is 37.0 Å². The van der Waals surface area contributed by atoms with Gasteiger partial charge in [-0.15, -0.1) is 0 Å². The molecule has 6 heteroatoms. The summed E-state index contributed by atoms with van der Waals surface area (Å²) in [5.74, 6) is 0.786. The summed E-state index contributed by atoms with van der Waals surface area (Å²) >= 11 is 5.92. The Morgan fingerprint density at radius 3 is 2.59 bits per heavy atom. The Morgan fingerprint density at radius 1 is 1.18 bits per heavy atom. The lowest BCUT2D eigenvalue weighted by molar-refractivity contribution is 0.126. The van der Waals surface area contributed by atoms with E-state index in [1.165, 1.54) is 0 Å². The number of rotatable bonds is 3. The van der Waals surface area contributed by atoms with Gasteiger partial charge in [-0.3, -0.25) is 5.32 Å². The van der Waals surface area contributed by atoms with E-state index in [9.17, 15) is 4.79 Å². The number of urea groups is 1. The first-order valence-corrected chi connectivity index (χ1v) is 7.97. The minimum Gasteiger partial charge on any atom is -0.317 e. The van der Waals surface area contributed by atoms with E-state index in [4.69, 9.17) is 11.6 Å². The van der Waals surface area contributed by atoms with E-state index in [0.717, 1.165) is 37.2 Å². The van der Waals surface area contributed by atoms with Crippen LogP contribution in [0.25, 0.3) is 0 Å². The fourth-order valence-corrected chi connectivity index (χ4v) is 2.99. The van der Waals surface area contributed by atoms with Crippen LogP contribution in [-0.4, -0.2) is 27.3 Å². The Morgan fingerprint density at radius 2 is 1.95 bits per heavy atom. The summed E-state index contributed by atoms with van der Waals surface area (Å²) in [5, 5.41) is 7.99. The van der Waals surface area contributed by atoms with Gasteiger partial charge in [0, 0.05) is 17.6 Å². The van der Waals surface area contributed by atoms with Crippen molar-refractivity contribution in [3.63, 3.8) is 0 Å². The molecule has 2 aliphatic rings. The third kappa shape index (κ3) is 2.46. The van der Waals surface area contributed by atoms with Crippen LogP contribution in [0.1, 0.15) is 36.9 Å². The Labute approximate surface area is 133 Å². The molecule has 22 heavy (non-hydrogen) atoms. The standard InChI is InChI=1S/C16H17ClN4O/c17-12-3-1-11(2-4-12)14-8-10-20(14)16(22)19-15-7-9-18-21(15)13-5-6-13/h1-4,7,9,13-14H,5-6,8,10H2,(H,19,22). The van der Waals surface area contributed by atoms with E-state index < -0.39 is 0 Å². The number of nitrogens with zero attached hydrogens (tertiary/aromatic N) is 3. The van der Waals surface area contributed by atoms with Crippen molar-refractivity contribution in [3.05, 3.63) is 47.1 Å². The van der Waals surface area contributed by atoms with E-state index in [0.29, 0.717) is 11.1 Å². The second-order valence-electron chi connectivity index (χ2n) is 5.87. The second kappa shape index (κ2) is 5.32. The van der Waals surface area contributed by atoms with Crippen LogP contribution in [0.4, 0.5) is 10.6 Å². The van der Waals surface area contributed by atoms with Gasteiger partial charge in [0.25, 0.3) is 0 Å². The van der Waals surface area contributed by atoms with Gasteiger partial charge in [0.2, 0.25) is 0 Å². The molecule has 1 saturated carbocycles. The van der Waals surface area contributed by atoms with Crippen LogP contribution in [0, 0.1) is 0 Å². The van der Waals surface area contributed by atoms with Gasteiger partial charge >= 0.3 is 6.03 Å². The maximum Gasteiger partial charge on any atom is 0.323 e. The number of carbonyl (C=O) groups is 1. The number of likely N-dealkylation sites (tertiary alicyclic amines) is 1. The summed E-state index contributed by atoms with van der Waals surface area (Å²) < 4.78 is 1.91. The predicted molar refractivity (Wildman–Crippen MR) is 85.0 cm³/mol. The van der Waals surface area contributed by atoms with Gasteiger partial charge < -0.3 is 4.90 Å². The molecule has 0 spiro atoms. The minimum atomic E-state index is -0.0615. The van der Waals surface area contributed by atoms with Crippen molar-refractivity contribution in [2.75, 3.05) is 11.9 Å². The van der Waals surface area contributed by atoms with Crippen LogP contribution in [-0.2, 0) is 0 Å². The number of aromatic nitrogens is 2. The molecule has 2 amide bonds. The summed E-state index contributed by atoms with van der Waals surface area (Å²) in [7, 11) is 0. The van der Waals surface area contributed by atoms with Gasteiger partial charge in [-0.25, -0.2) is 9.48 Å². The molecule has 1 aromatic carbocycles. The van der Waals surface area contributed by atoms with Gasteiger partial charge in [0.05, 0.1) is 18.3 Å². The molecular formula is C16H17ClN4O. The molecule has 1 unspecified atom stereocenters. The highest BCUT2D eigenvalue weighted by Crippen LogP contribution is 2.37. The normalized spacial score (nSPS) is 20.6. The maximum absolute atomic E-state index is 12.5. The average Bonchev–Trinajstić information content (AvgIpc) is 3.21. The fraction of sp³-hybridized carbons (Fsp3) is 0.375. The second-order valence-corrected chi connectivity index (χ2v) is 6.31. The molecule has 1 aromatic heterocycles. The summed E-state index contributed by atoms with van der Waals surface area (Å²) in [6.07, 6.45) is 5.00. The topological polar surface area (TPSA) is 50.2 Å². The quantitative estimate of drug-likeness (QED) is 0.935. The lowest BCUT2D eigenvalue weighted by Gasteiger charge is -2.41. The zero-order valence-electron chi connectivity index (χ0n) is 12.1. The van der Waals surface area contributed by atoms with E-state index in [1.807, 2.05) is 39.9 Å². The first-order valence-electron chi connectivity index (χ1n) is 7.59. The van der Waals surface area contributed by atoms with Gasteiger partial charge in [-0.2, -0.15) is 5.10 Å². The van der Waals surface area contributed by atoms with E-state index in [2.05, 4.69) is 10.4 Å². The van der Waals surface area contributed by atoms with Gasteiger partial charge in [0.15, 0.2) is 0 Å². The maximum atomic E-state index is 12.5. The fourth-order valence-electron chi connectivity index (χ4n) is 2.87. The average molecular weight is 317 g/mol. The number of anilines is 1. The van der Waals surface area contributed by atoms with Crippen molar-refractivity contribution < 1.29 is 4.79 Å². The number of nitrogens with one attached hydrogen (secondary N) is 1. The Balaban J connectivity index is 1.46. The van der Waals surface area contributed by atoms with Crippen LogP contribution in [0.2, 0.25) is 5.02 Å². The Bertz CT molecular complexity index is 692. The molecule has 1 atom stereocenters. The molecule has 1 aliphatic carbocycles. The molecule has 2 heterocycles. The van der Waals surface area contributed by atoms with Crippen molar-refractivity contribution >= 4 is 23.4 Å². The van der Waals surface area contributed by atoms with Crippen molar-refractivity contribution in [2.24, 2.45) is 0 Å². The van der Waals surface area contributed by atoms with Crippen LogP contribution in [0.5, 0.6) is 0 Å². The lowest BCUT2D eigenvalue weighted by atomic mass is 9.95. The van der Waals surface area contributed by atoms with Gasteiger partial charge in [0.1, 0.15) is 5.82 Å². The molecular weight excluding hydrogens is 300 g/mol. The molecule has 4 rings (SSSR count). The molecule has 0 radical (unpaired) electrons. The highest BCUT2D eigenvalue weighted by atomic mass is 35.5. The summed E-state index contributed by atoms with van der Waals surface area (Å²) in [4.78, 5) is 14.3. The zero-order valence-corrected chi connectivity index (χ0v) is 12.8. The monoisotopic (exact) mass is 316 g/mol. The SMILES string of the molecule is O=C(Nc1ccnn1C1CC1)N1CCC1c1ccc(Cl)cc1. The Kier molecular flexibility index (Phi) is 3.30. The number of amides is 2. The summed E-state index contributed by atoms with van der Waals surface area (Å²) in [6, 6.07) is 10.1. The summed E-state index contributed by atoms with van der Waals surface area (Å²) in [6.45, 7) is 0.774. The molecule has 2 aromatic rings. The van der Waals surface area contributed by atoms with Crippen molar-refractivity contribution in [1.29, 1.82) is 0 Å². The third-order valence-corrected chi connectivity index (χ3v) is 4.59. The van der Waals surface area contributed by atoms with E-state index in [-0.39, 0.29) is 12.1 Å². The number of halogens is 1. The van der Waals surface area contributed by atoms with Crippen LogP contribution < -0.4 is 5.32 Å². The Hall–Kier alpha value is -2.01. The lowest BCUT2D eigenvalue weighted by Crippen LogP contribution is -2.47. The number of hydrogen-bond donors (Lipinski definition) is 1. The van der Waals surface area contributed by atoms with Crippen LogP contribution in [0.15, 0.2) is 36.5 Å². The number of carbonyl (C=O) groups excluding carboxylic acids is 1. The molecule has 1 N–H and O–H groups in total. The van der Waals surface area contributed by atoms with Crippen LogP contribution >= 0.6 is 11.6 Å². The largest absolute Gasteiger partial charge is 0.323 e. The first kappa shape index (κ1) is 13.6. The van der Waals surface area contributed by atoms with Crippen LogP contribution in [0.3, 0.4) is 0 Å². The van der Waals surface area contributed by atoms with Crippen molar-refractivity contribution in [2.45, 2.75) is 31.3 Å². The zero-order chi connectivity index (χ0) is 15.1. The molecule has 2 fully saturated rings. The van der Waals surface area contributed by atoms with Crippen molar-refractivity contribution in [1.82, 2.24) is 14.7 Å². The number of hydrogen-bond acceptors (Lipinski definition) is 2. The number of benzene rings is 1. The molecule has 5 nitrogen and oxygen atoms in total. The molecule has 114 valence electrons.